The predicted octanol–water partition coefficient (Wildman–Crippen LogP) is 1.27. The van der Waals surface area contributed by atoms with Crippen LogP contribution in [0.3, 0.4) is 0 Å². The molecule has 0 aliphatic rings. The Hall–Kier alpha value is -1.04. The van der Waals surface area contributed by atoms with Crippen LogP contribution < -0.4 is 5.32 Å². The smallest absolute Gasteiger partial charge is 0.326 e. The van der Waals surface area contributed by atoms with Crippen molar-refractivity contribution in [2.24, 2.45) is 5.92 Å². The number of carboxylic acid groups (broad SMARTS) is 1. The number of hydrogen-bond donors (Lipinski definition) is 2. The van der Waals surface area contributed by atoms with Gasteiger partial charge in [0.2, 0.25) is 5.91 Å². The molecule has 1 atom stereocenters. The van der Waals surface area contributed by atoms with Gasteiger partial charge in [-0.3, -0.25) is 9.59 Å². The predicted molar refractivity (Wildman–Crippen MR) is 66.8 cm³/mol. The molecule has 0 heterocycles. The van der Waals surface area contributed by atoms with Crippen LogP contribution >= 0.6 is 11.8 Å². The summed E-state index contributed by atoms with van der Waals surface area (Å²) in [7, 11) is 0. The zero-order chi connectivity index (χ0) is 13.4. The molecule has 1 amide bonds. The first kappa shape index (κ1) is 16.0. The van der Waals surface area contributed by atoms with Gasteiger partial charge in [0.1, 0.15) is 6.04 Å². The van der Waals surface area contributed by atoms with E-state index in [4.69, 9.17) is 5.11 Å². The van der Waals surface area contributed by atoms with E-state index in [-0.39, 0.29) is 23.4 Å². The molecule has 0 aromatic rings. The molecule has 98 valence electrons. The molecule has 0 aliphatic heterocycles. The Balaban J connectivity index is 4.04. The van der Waals surface area contributed by atoms with Crippen LogP contribution in [0, 0.1) is 5.92 Å². The lowest BCUT2D eigenvalue weighted by atomic mass is 10.0. The summed E-state index contributed by atoms with van der Waals surface area (Å²) in [6.45, 7) is 5.22. The average molecular weight is 261 g/mol. The molecule has 0 fully saturated rings. The lowest BCUT2D eigenvalue weighted by Gasteiger charge is -2.16. The van der Waals surface area contributed by atoms with Crippen LogP contribution in [0.4, 0.5) is 0 Å². The van der Waals surface area contributed by atoms with Gasteiger partial charge in [0.25, 0.3) is 0 Å². The highest BCUT2D eigenvalue weighted by atomic mass is 32.2. The van der Waals surface area contributed by atoms with Crippen LogP contribution in [0.15, 0.2) is 0 Å². The third kappa shape index (κ3) is 8.74. The molecule has 0 aliphatic carbocycles. The van der Waals surface area contributed by atoms with Crippen LogP contribution in [0.5, 0.6) is 0 Å². The lowest BCUT2D eigenvalue weighted by molar-refractivity contribution is -0.142. The quantitative estimate of drug-likeness (QED) is 0.721. The van der Waals surface area contributed by atoms with E-state index in [2.05, 4.69) is 5.32 Å². The minimum Gasteiger partial charge on any atom is -0.480 e. The molecular formula is C11H19NO4S. The molecule has 17 heavy (non-hydrogen) atoms. The van der Waals surface area contributed by atoms with Crippen molar-refractivity contribution in [1.29, 1.82) is 0 Å². The Kier molecular flexibility index (Phi) is 7.61. The number of carbonyl (C=O) groups is 3. The summed E-state index contributed by atoms with van der Waals surface area (Å²) in [5, 5.41) is 11.3. The molecule has 0 aromatic heterocycles. The fourth-order valence-corrected chi connectivity index (χ4v) is 1.82. The van der Waals surface area contributed by atoms with Gasteiger partial charge in [-0.2, -0.15) is 0 Å². The fraction of sp³-hybridized carbons (Fsp3) is 0.727. The first-order chi connectivity index (χ1) is 7.82. The molecule has 5 nitrogen and oxygen atoms in total. The van der Waals surface area contributed by atoms with E-state index < -0.39 is 12.0 Å². The van der Waals surface area contributed by atoms with Crippen molar-refractivity contribution in [3.8, 4) is 0 Å². The minimum atomic E-state index is -1.02. The molecule has 0 radical (unpaired) electrons. The second kappa shape index (κ2) is 8.11. The Morgan fingerprint density at radius 2 is 1.88 bits per heavy atom. The van der Waals surface area contributed by atoms with Crippen molar-refractivity contribution in [3.63, 3.8) is 0 Å². The van der Waals surface area contributed by atoms with Gasteiger partial charge in [-0.25, -0.2) is 4.79 Å². The molecular weight excluding hydrogens is 242 g/mol. The number of carbonyl (C=O) groups excluding carboxylic acids is 2. The zero-order valence-electron chi connectivity index (χ0n) is 10.4. The fourth-order valence-electron chi connectivity index (χ4n) is 1.25. The molecule has 6 heteroatoms. The first-order valence-electron chi connectivity index (χ1n) is 5.48. The third-order valence-electron chi connectivity index (χ3n) is 1.97. The van der Waals surface area contributed by atoms with Crippen LogP contribution in [0.2, 0.25) is 0 Å². The zero-order valence-corrected chi connectivity index (χ0v) is 11.2. The van der Waals surface area contributed by atoms with Gasteiger partial charge >= 0.3 is 5.97 Å². The second-order valence-corrected chi connectivity index (χ2v) is 5.45. The highest BCUT2D eigenvalue weighted by Crippen LogP contribution is 2.07. The molecule has 2 N–H and O–H groups in total. The molecule has 0 aromatic carbocycles. The Morgan fingerprint density at radius 3 is 2.29 bits per heavy atom. The van der Waals surface area contributed by atoms with Gasteiger partial charge in [0, 0.05) is 19.1 Å². The van der Waals surface area contributed by atoms with Gasteiger partial charge in [-0.1, -0.05) is 25.6 Å². The molecule has 0 saturated carbocycles. The lowest BCUT2D eigenvalue weighted by Crippen LogP contribution is -2.41. The van der Waals surface area contributed by atoms with Crippen molar-refractivity contribution in [1.82, 2.24) is 5.32 Å². The number of thioether (sulfide) groups is 1. The van der Waals surface area contributed by atoms with Crippen LogP contribution in [0.25, 0.3) is 0 Å². The standard InChI is InChI=1S/C11H19NO4S/c1-7(2)6-9(11(15)16)12-10(14)4-5-17-8(3)13/h7,9H,4-6H2,1-3H3,(H,12,14)(H,15,16). The van der Waals surface area contributed by atoms with Crippen molar-refractivity contribution in [2.45, 2.75) is 39.7 Å². The summed E-state index contributed by atoms with van der Waals surface area (Å²) < 4.78 is 0. The number of aliphatic carboxylic acids is 1. The molecule has 0 rings (SSSR count). The van der Waals surface area contributed by atoms with Gasteiger partial charge in [0.15, 0.2) is 5.12 Å². The summed E-state index contributed by atoms with van der Waals surface area (Å²) >= 11 is 1.06. The van der Waals surface area contributed by atoms with E-state index in [1.165, 1.54) is 6.92 Å². The number of amides is 1. The SMILES string of the molecule is CC(=O)SCCC(=O)NC(CC(C)C)C(=O)O. The highest BCUT2D eigenvalue weighted by Gasteiger charge is 2.20. The number of nitrogens with one attached hydrogen (secondary N) is 1. The van der Waals surface area contributed by atoms with Crippen LogP contribution in [-0.2, 0) is 14.4 Å². The summed E-state index contributed by atoms with van der Waals surface area (Å²) in [4.78, 5) is 32.9. The van der Waals surface area contributed by atoms with E-state index in [1.54, 1.807) is 0 Å². The number of carboxylic acids is 1. The largest absolute Gasteiger partial charge is 0.480 e. The maximum Gasteiger partial charge on any atom is 0.326 e. The van der Waals surface area contributed by atoms with Gasteiger partial charge in [-0.05, 0) is 12.3 Å². The van der Waals surface area contributed by atoms with Crippen molar-refractivity contribution in [3.05, 3.63) is 0 Å². The van der Waals surface area contributed by atoms with Crippen LogP contribution in [-0.4, -0.2) is 33.9 Å². The molecule has 0 saturated heterocycles. The monoisotopic (exact) mass is 261 g/mol. The maximum atomic E-state index is 11.4. The van der Waals surface area contributed by atoms with E-state index in [9.17, 15) is 14.4 Å². The van der Waals surface area contributed by atoms with E-state index in [1.807, 2.05) is 13.8 Å². The number of rotatable bonds is 7. The van der Waals surface area contributed by atoms with Crippen molar-refractivity contribution >= 4 is 28.8 Å². The Labute approximate surface area is 105 Å². The maximum absolute atomic E-state index is 11.4. The van der Waals surface area contributed by atoms with Gasteiger partial charge in [0.05, 0.1) is 0 Å². The van der Waals surface area contributed by atoms with E-state index >= 15 is 0 Å². The Morgan fingerprint density at radius 1 is 1.29 bits per heavy atom. The van der Waals surface area contributed by atoms with Gasteiger partial charge < -0.3 is 10.4 Å². The van der Waals surface area contributed by atoms with E-state index in [0.29, 0.717) is 12.2 Å². The first-order valence-corrected chi connectivity index (χ1v) is 6.47. The Bertz CT molecular complexity index is 291. The molecule has 0 spiro atoms. The highest BCUT2D eigenvalue weighted by molar-refractivity contribution is 8.13. The third-order valence-corrected chi connectivity index (χ3v) is 2.79. The van der Waals surface area contributed by atoms with Gasteiger partial charge in [-0.15, -0.1) is 0 Å². The summed E-state index contributed by atoms with van der Waals surface area (Å²) in [6.07, 6.45) is 0.563. The molecule has 1 unspecified atom stereocenters. The second-order valence-electron chi connectivity index (χ2n) is 4.18. The summed E-state index contributed by atoms with van der Waals surface area (Å²) in [5.74, 6) is -0.768. The summed E-state index contributed by atoms with van der Waals surface area (Å²) in [6, 6.07) is -0.843. The van der Waals surface area contributed by atoms with Crippen molar-refractivity contribution in [2.75, 3.05) is 5.75 Å². The normalized spacial score (nSPS) is 12.2. The molecule has 0 bridgehead atoms. The summed E-state index contributed by atoms with van der Waals surface area (Å²) in [5.41, 5.74) is 0. The van der Waals surface area contributed by atoms with Crippen LogP contribution in [0.1, 0.15) is 33.6 Å². The average Bonchev–Trinajstić information content (AvgIpc) is 2.15. The minimum absolute atomic E-state index is 0.0465. The number of hydrogen-bond acceptors (Lipinski definition) is 4. The van der Waals surface area contributed by atoms with Crippen molar-refractivity contribution < 1.29 is 19.5 Å². The topological polar surface area (TPSA) is 83.5 Å². The van der Waals surface area contributed by atoms with E-state index in [0.717, 1.165) is 11.8 Å².